The first-order valence-corrected chi connectivity index (χ1v) is 7.45. The highest BCUT2D eigenvalue weighted by Gasteiger charge is 2.12. The van der Waals surface area contributed by atoms with Gasteiger partial charge < -0.3 is 11.5 Å². The van der Waals surface area contributed by atoms with Crippen LogP contribution >= 0.6 is 0 Å². The van der Waals surface area contributed by atoms with Gasteiger partial charge in [-0.25, -0.2) is 0 Å². The van der Waals surface area contributed by atoms with Gasteiger partial charge in [-0.2, -0.15) is 0 Å². The number of hydrogen-bond donors (Lipinski definition) is 2. The van der Waals surface area contributed by atoms with E-state index in [1.54, 1.807) is 72.8 Å². The number of hydrogen-bond acceptors (Lipinski definition) is 4. The molecule has 3 aromatic carbocycles. The van der Waals surface area contributed by atoms with Crippen LogP contribution in [-0.2, 0) is 0 Å². The Morgan fingerprint density at radius 3 is 1.50 bits per heavy atom. The average molecular weight is 316 g/mol. The van der Waals surface area contributed by atoms with Crippen molar-refractivity contribution in [3.05, 3.63) is 95.1 Å². The first-order chi connectivity index (χ1) is 11.5. The summed E-state index contributed by atoms with van der Waals surface area (Å²) in [5.74, 6) is -0.244. The minimum Gasteiger partial charge on any atom is -0.399 e. The molecule has 3 rings (SSSR count). The van der Waals surface area contributed by atoms with E-state index in [2.05, 4.69) is 0 Å². The predicted octanol–water partition coefficient (Wildman–Crippen LogP) is 3.31. The third-order valence-corrected chi connectivity index (χ3v) is 3.73. The largest absolute Gasteiger partial charge is 0.399 e. The van der Waals surface area contributed by atoms with Crippen molar-refractivity contribution in [2.45, 2.75) is 0 Å². The minimum absolute atomic E-state index is 0.113. The Hall–Kier alpha value is -3.40. The number of nitrogens with two attached hydrogens (primary N) is 2. The van der Waals surface area contributed by atoms with E-state index >= 15 is 0 Å². The van der Waals surface area contributed by atoms with Crippen molar-refractivity contribution in [2.75, 3.05) is 11.5 Å². The van der Waals surface area contributed by atoms with Crippen LogP contribution < -0.4 is 11.5 Å². The maximum atomic E-state index is 12.4. The maximum Gasteiger partial charge on any atom is 0.193 e. The molecule has 0 aliphatic rings. The number of benzene rings is 3. The van der Waals surface area contributed by atoms with Crippen molar-refractivity contribution < 1.29 is 9.59 Å². The number of rotatable bonds is 4. The summed E-state index contributed by atoms with van der Waals surface area (Å²) >= 11 is 0. The van der Waals surface area contributed by atoms with Gasteiger partial charge in [0.25, 0.3) is 0 Å². The van der Waals surface area contributed by atoms with Crippen LogP contribution in [0.1, 0.15) is 31.8 Å². The number of nitrogen functional groups attached to an aromatic ring is 2. The molecule has 0 saturated heterocycles. The van der Waals surface area contributed by atoms with Crippen LogP contribution in [0.3, 0.4) is 0 Å². The van der Waals surface area contributed by atoms with Crippen LogP contribution in [0.4, 0.5) is 11.4 Å². The molecule has 0 bridgehead atoms. The molecule has 0 saturated carbocycles. The normalized spacial score (nSPS) is 10.3. The van der Waals surface area contributed by atoms with Crippen molar-refractivity contribution in [3.8, 4) is 0 Å². The van der Waals surface area contributed by atoms with Crippen molar-refractivity contribution in [1.29, 1.82) is 0 Å². The fraction of sp³-hybridized carbons (Fsp3) is 0. The van der Waals surface area contributed by atoms with Gasteiger partial charge in [-0.05, 0) is 36.4 Å². The molecule has 0 aromatic heterocycles. The molecule has 3 aromatic rings. The summed E-state index contributed by atoms with van der Waals surface area (Å²) in [6.45, 7) is 0. The molecular weight excluding hydrogens is 300 g/mol. The fourth-order valence-corrected chi connectivity index (χ4v) is 2.42. The van der Waals surface area contributed by atoms with Crippen LogP contribution in [-0.4, -0.2) is 11.6 Å². The smallest absolute Gasteiger partial charge is 0.193 e. The number of carbonyl (C=O) groups excluding carboxylic acids is 2. The highest BCUT2D eigenvalue weighted by atomic mass is 16.1. The van der Waals surface area contributed by atoms with Gasteiger partial charge in [0, 0.05) is 33.6 Å². The van der Waals surface area contributed by atoms with Crippen LogP contribution in [0, 0.1) is 0 Å². The zero-order valence-corrected chi connectivity index (χ0v) is 12.9. The van der Waals surface area contributed by atoms with E-state index in [1.807, 2.05) is 0 Å². The van der Waals surface area contributed by atoms with Gasteiger partial charge in [-0.3, -0.25) is 9.59 Å². The summed E-state index contributed by atoms with van der Waals surface area (Å²) in [5.41, 5.74) is 14.6. The predicted molar refractivity (Wildman–Crippen MR) is 95.0 cm³/mol. The Morgan fingerprint density at radius 2 is 1.00 bits per heavy atom. The Bertz CT molecular complexity index is 898. The van der Waals surface area contributed by atoms with E-state index in [-0.39, 0.29) is 11.6 Å². The van der Waals surface area contributed by atoms with Gasteiger partial charge in [0.05, 0.1) is 0 Å². The topological polar surface area (TPSA) is 86.2 Å². The van der Waals surface area contributed by atoms with E-state index in [4.69, 9.17) is 11.5 Å². The van der Waals surface area contributed by atoms with Crippen LogP contribution in [0.15, 0.2) is 72.8 Å². The molecule has 0 heterocycles. The number of carbonyl (C=O) groups is 2. The molecule has 0 atom stereocenters. The highest BCUT2D eigenvalue weighted by molar-refractivity contribution is 6.12. The number of ketones is 2. The zero-order valence-electron chi connectivity index (χ0n) is 12.9. The Morgan fingerprint density at radius 1 is 0.542 bits per heavy atom. The molecule has 0 aliphatic carbocycles. The second-order valence-electron chi connectivity index (χ2n) is 5.48. The van der Waals surface area contributed by atoms with Crippen molar-refractivity contribution in [2.24, 2.45) is 0 Å². The molecule has 0 unspecified atom stereocenters. The van der Waals surface area contributed by atoms with E-state index in [1.165, 1.54) is 0 Å². The highest BCUT2D eigenvalue weighted by Crippen LogP contribution is 2.16. The monoisotopic (exact) mass is 316 g/mol. The Kier molecular flexibility index (Phi) is 4.12. The average Bonchev–Trinajstić information content (AvgIpc) is 2.61. The van der Waals surface area contributed by atoms with Crippen molar-refractivity contribution >= 4 is 22.9 Å². The van der Waals surface area contributed by atoms with Crippen LogP contribution in [0.5, 0.6) is 0 Å². The molecule has 4 nitrogen and oxygen atoms in total. The lowest BCUT2D eigenvalue weighted by Crippen LogP contribution is -2.05. The van der Waals surface area contributed by atoms with Crippen molar-refractivity contribution in [1.82, 2.24) is 0 Å². The summed E-state index contributed by atoms with van der Waals surface area (Å²) < 4.78 is 0. The third kappa shape index (κ3) is 3.17. The molecule has 4 heteroatoms. The van der Waals surface area contributed by atoms with Gasteiger partial charge >= 0.3 is 0 Å². The molecule has 4 N–H and O–H groups in total. The molecule has 118 valence electrons. The van der Waals surface area contributed by atoms with Gasteiger partial charge in [0.1, 0.15) is 0 Å². The second kappa shape index (κ2) is 6.38. The number of anilines is 2. The second-order valence-corrected chi connectivity index (χ2v) is 5.48. The molecule has 0 radical (unpaired) electrons. The summed E-state index contributed by atoms with van der Waals surface area (Å²) in [4.78, 5) is 24.8. The molecule has 0 aliphatic heterocycles. The summed E-state index contributed by atoms with van der Waals surface area (Å²) in [6, 6.07) is 20.2. The van der Waals surface area contributed by atoms with Crippen molar-refractivity contribution in [3.63, 3.8) is 0 Å². The van der Waals surface area contributed by atoms with E-state index in [0.717, 1.165) is 0 Å². The fourth-order valence-electron chi connectivity index (χ4n) is 2.42. The standard InChI is InChI=1S/C20H16N2O2/c21-17-10-8-15(9-11-17)19(23)13-4-6-14(7-5-13)20(24)16-2-1-3-18(22)12-16/h1-12H,21-22H2. The van der Waals surface area contributed by atoms with Gasteiger partial charge in [0.2, 0.25) is 0 Å². The molecule has 0 spiro atoms. The molecule has 0 amide bonds. The zero-order chi connectivity index (χ0) is 17.1. The first-order valence-electron chi connectivity index (χ1n) is 7.45. The molecular formula is C20H16N2O2. The van der Waals surface area contributed by atoms with Gasteiger partial charge in [-0.15, -0.1) is 0 Å². The maximum absolute atomic E-state index is 12.4. The van der Waals surface area contributed by atoms with Crippen LogP contribution in [0.2, 0.25) is 0 Å². The minimum atomic E-state index is -0.131. The van der Waals surface area contributed by atoms with E-state index in [0.29, 0.717) is 33.6 Å². The lowest BCUT2D eigenvalue weighted by molar-refractivity contribution is 0.102. The molecule has 24 heavy (non-hydrogen) atoms. The summed E-state index contributed by atoms with van der Waals surface area (Å²) in [5, 5.41) is 0. The van der Waals surface area contributed by atoms with E-state index < -0.39 is 0 Å². The SMILES string of the molecule is Nc1ccc(C(=O)c2ccc(C(=O)c3cccc(N)c3)cc2)cc1. The molecule has 0 fully saturated rings. The Labute approximate surface area is 139 Å². The third-order valence-electron chi connectivity index (χ3n) is 3.73. The lowest BCUT2D eigenvalue weighted by atomic mass is 9.98. The van der Waals surface area contributed by atoms with Gasteiger partial charge in [-0.1, -0.05) is 36.4 Å². The quantitative estimate of drug-likeness (QED) is 0.571. The first kappa shape index (κ1) is 15.5. The van der Waals surface area contributed by atoms with Crippen LogP contribution in [0.25, 0.3) is 0 Å². The summed E-state index contributed by atoms with van der Waals surface area (Å²) in [7, 11) is 0. The lowest BCUT2D eigenvalue weighted by Gasteiger charge is -2.05. The summed E-state index contributed by atoms with van der Waals surface area (Å²) in [6.07, 6.45) is 0. The van der Waals surface area contributed by atoms with E-state index in [9.17, 15) is 9.59 Å². The van der Waals surface area contributed by atoms with Gasteiger partial charge in [0.15, 0.2) is 11.6 Å². The Balaban J connectivity index is 1.84.